The van der Waals surface area contributed by atoms with E-state index in [9.17, 15) is 13.2 Å². The Balaban J connectivity index is 1.96. The lowest BCUT2D eigenvalue weighted by Crippen LogP contribution is -2.06. The summed E-state index contributed by atoms with van der Waals surface area (Å²) in [4.78, 5) is 0. The highest BCUT2D eigenvalue weighted by Crippen LogP contribution is 2.37. The number of aryl methyl sites for hydroxylation is 1. The molecule has 0 radical (unpaired) electrons. The first-order valence-electron chi connectivity index (χ1n) is 14.4. The van der Waals surface area contributed by atoms with Gasteiger partial charge in [-0.2, -0.15) is 13.2 Å². The lowest BCUT2D eigenvalue weighted by Gasteiger charge is -2.22. The van der Waals surface area contributed by atoms with Crippen molar-refractivity contribution in [2.45, 2.75) is 122 Å². The van der Waals surface area contributed by atoms with Gasteiger partial charge < -0.3 is 5.73 Å². The Hall–Kier alpha value is -1.81. The fraction of sp³-hybridized carbons (Fsp3) is 0.625. The number of rotatable bonds is 19. The average Bonchev–Trinajstić information content (AvgIpc) is 2.87. The third-order valence-electron chi connectivity index (χ3n) is 7.28. The van der Waals surface area contributed by atoms with Crippen molar-refractivity contribution in [1.82, 2.24) is 0 Å². The van der Waals surface area contributed by atoms with E-state index in [1.54, 1.807) is 0 Å². The van der Waals surface area contributed by atoms with Gasteiger partial charge >= 0.3 is 6.18 Å². The zero-order valence-corrected chi connectivity index (χ0v) is 22.4. The molecule has 2 aromatic carbocycles. The van der Waals surface area contributed by atoms with Crippen LogP contribution >= 0.6 is 0 Å². The predicted molar refractivity (Wildman–Crippen MR) is 148 cm³/mol. The van der Waals surface area contributed by atoms with Gasteiger partial charge in [-0.1, -0.05) is 113 Å². The topological polar surface area (TPSA) is 26.0 Å². The molecule has 1 atom stereocenters. The molecule has 0 amide bonds. The Morgan fingerprint density at radius 3 is 1.94 bits per heavy atom. The lowest BCUT2D eigenvalue weighted by molar-refractivity contribution is -0.135. The summed E-state index contributed by atoms with van der Waals surface area (Å²) in [6.07, 6.45) is 11.2. The summed E-state index contributed by atoms with van der Waals surface area (Å²) in [6.45, 7) is 3.00. The second-order valence-electron chi connectivity index (χ2n) is 10.3. The van der Waals surface area contributed by atoms with Gasteiger partial charge in [0.05, 0.1) is 0 Å². The van der Waals surface area contributed by atoms with Crippen LogP contribution in [-0.4, -0.2) is 12.7 Å². The van der Waals surface area contributed by atoms with Gasteiger partial charge in [0.15, 0.2) is 0 Å². The molecule has 0 aliphatic carbocycles. The Kier molecular flexibility index (Phi) is 14.9. The second kappa shape index (κ2) is 17.6. The highest BCUT2D eigenvalue weighted by atomic mass is 19.4. The van der Waals surface area contributed by atoms with Crippen molar-refractivity contribution in [1.29, 1.82) is 0 Å². The van der Waals surface area contributed by atoms with Gasteiger partial charge in [-0.3, -0.25) is 0 Å². The van der Waals surface area contributed by atoms with E-state index < -0.39 is 12.6 Å². The molecule has 2 rings (SSSR count). The first kappa shape index (κ1) is 30.4. The molecule has 0 aromatic heterocycles. The van der Waals surface area contributed by atoms with Crippen LogP contribution < -0.4 is 5.73 Å². The van der Waals surface area contributed by atoms with Crippen LogP contribution in [0.3, 0.4) is 0 Å². The standard InChI is InChI=1S/C32H48F3N/c1-2-3-4-10-18-28(21-17-26-36)30-23-14-15-24-31(30)29-22-13-12-20-27(29)19-11-8-6-5-7-9-16-25-32(33,34)35/h12-15,20,22-24,28H,2-11,16-19,21,25-26,36H2,1H3. The number of benzene rings is 2. The Bertz CT molecular complexity index is 830. The molecule has 0 bridgehead atoms. The van der Waals surface area contributed by atoms with E-state index in [-0.39, 0.29) is 6.42 Å². The molecular formula is C32H48F3N. The van der Waals surface area contributed by atoms with Crippen molar-refractivity contribution in [3.05, 3.63) is 59.7 Å². The summed E-state index contributed by atoms with van der Waals surface area (Å²) in [5.41, 5.74) is 11.5. The van der Waals surface area contributed by atoms with Crippen molar-refractivity contribution in [3.63, 3.8) is 0 Å². The van der Waals surface area contributed by atoms with E-state index in [1.165, 1.54) is 54.4 Å². The third kappa shape index (κ3) is 12.0. The van der Waals surface area contributed by atoms with Gasteiger partial charge in [0.25, 0.3) is 0 Å². The van der Waals surface area contributed by atoms with E-state index in [0.717, 1.165) is 57.9 Å². The van der Waals surface area contributed by atoms with Crippen molar-refractivity contribution < 1.29 is 13.2 Å². The maximum absolute atomic E-state index is 12.2. The molecule has 36 heavy (non-hydrogen) atoms. The van der Waals surface area contributed by atoms with Gasteiger partial charge in [0.2, 0.25) is 0 Å². The maximum atomic E-state index is 12.2. The number of unbranched alkanes of at least 4 members (excludes halogenated alkanes) is 9. The number of nitrogens with two attached hydrogens (primary N) is 1. The van der Waals surface area contributed by atoms with Gasteiger partial charge in [0.1, 0.15) is 0 Å². The minimum Gasteiger partial charge on any atom is -0.330 e. The number of halogens is 3. The van der Waals surface area contributed by atoms with Crippen LogP contribution in [0, 0.1) is 0 Å². The van der Waals surface area contributed by atoms with Gasteiger partial charge in [-0.15, -0.1) is 0 Å². The third-order valence-corrected chi connectivity index (χ3v) is 7.28. The molecule has 0 saturated heterocycles. The van der Waals surface area contributed by atoms with E-state index >= 15 is 0 Å². The smallest absolute Gasteiger partial charge is 0.330 e. The van der Waals surface area contributed by atoms with Crippen molar-refractivity contribution >= 4 is 0 Å². The highest BCUT2D eigenvalue weighted by molar-refractivity contribution is 5.71. The summed E-state index contributed by atoms with van der Waals surface area (Å²) < 4.78 is 36.7. The summed E-state index contributed by atoms with van der Waals surface area (Å²) in [6, 6.07) is 17.8. The monoisotopic (exact) mass is 503 g/mol. The average molecular weight is 504 g/mol. The van der Waals surface area contributed by atoms with E-state index in [4.69, 9.17) is 5.73 Å². The quantitative estimate of drug-likeness (QED) is 0.190. The molecule has 4 heteroatoms. The van der Waals surface area contributed by atoms with E-state index in [2.05, 4.69) is 55.5 Å². The Labute approximate surface area is 218 Å². The molecule has 0 fully saturated rings. The minimum atomic E-state index is -4.01. The van der Waals surface area contributed by atoms with Crippen LogP contribution in [0.15, 0.2) is 48.5 Å². The van der Waals surface area contributed by atoms with Crippen molar-refractivity contribution in [2.24, 2.45) is 5.73 Å². The molecule has 0 heterocycles. The van der Waals surface area contributed by atoms with Crippen molar-refractivity contribution in [2.75, 3.05) is 6.54 Å². The summed E-state index contributed by atoms with van der Waals surface area (Å²) in [5.74, 6) is 0.548. The van der Waals surface area contributed by atoms with Gasteiger partial charge in [-0.05, 0) is 73.2 Å². The van der Waals surface area contributed by atoms with Crippen LogP contribution in [0.5, 0.6) is 0 Å². The predicted octanol–water partition coefficient (Wildman–Crippen LogP) is 10.4. The highest BCUT2D eigenvalue weighted by Gasteiger charge is 2.25. The molecule has 202 valence electrons. The first-order chi connectivity index (χ1) is 17.5. The fourth-order valence-corrected chi connectivity index (χ4v) is 5.26. The molecule has 2 aromatic rings. The van der Waals surface area contributed by atoms with Gasteiger partial charge in [-0.25, -0.2) is 0 Å². The van der Waals surface area contributed by atoms with Crippen LogP contribution in [-0.2, 0) is 6.42 Å². The summed E-state index contributed by atoms with van der Waals surface area (Å²) in [5, 5.41) is 0. The molecule has 0 saturated carbocycles. The molecule has 0 aliphatic rings. The zero-order chi connectivity index (χ0) is 26.1. The number of hydrogen-bond acceptors (Lipinski definition) is 1. The largest absolute Gasteiger partial charge is 0.389 e. The van der Waals surface area contributed by atoms with Crippen LogP contribution in [0.2, 0.25) is 0 Å². The van der Waals surface area contributed by atoms with E-state index in [1.807, 2.05) is 0 Å². The molecule has 0 aliphatic heterocycles. The Morgan fingerprint density at radius 2 is 1.25 bits per heavy atom. The number of hydrogen-bond donors (Lipinski definition) is 1. The molecule has 1 unspecified atom stereocenters. The van der Waals surface area contributed by atoms with E-state index in [0.29, 0.717) is 12.3 Å². The molecule has 2 N–H and O–H groups in total. The number of alkyl halides is 3. The second-order valence-corrected chi connectivity index (χ2v) is 10.3. The summed E-state index contributed by atoms with van der Waals surface area (Å²) >= 11 is 0. The van der Waals surface area contributed by atoms with Gasteiger partial charge in [0, 0.05) is 6.42 Å². The fourth-order valence-electron chi connectivity index (χ4n) is 5.26. The summed E-state index contributed by atoms with van der Waals surface area (Å²) in [7, 11) is 0. The van der Waals surface area contributed by atoms with Crippen molar-refractivity contribution in [3.8, 4) is 11.1 Å². The lowest BCUT2D eigenvalue weighted by atomic mass is 9.83. The molecule has 0 spiro atoms. The van der Waals surface area contributed by atoms with Crippen LogP contribution in [0.4, 0.5) is 13.2 Å². The maximum Gasteiger partial charge on any atom is 0.389 e. The Morgan fingerprint density at radius 1 is 0.667 bits per heavy atom. The SMILES string of the molecule is CCCCCCC(CCCN)c1ccccc1-c1ccccc1CCCCCCCCCC(F)(F)F. The first-order valence-corrected chi connectivity index (χ1v) is 14.4. The van der Waals surface area contributed by atoms with Crippen LogP contribution in [0.25, 0.3) is 11.1 Å². The zero-order valence-electron chi connectivity index (χ0n) is 22.4. The normalized spacial score (nSPS) is 12.7. The van der Waals surface area contributed by atoms with Crippen LogP contribution in [0.1, 0.15) is 120 Å². The molecular weight excluding hydrogens is 455 g/mol. The minimum absolute atomic E-state index is 0.265. The molecule has 1 nitrogen and oxygen atoms in total.